The molecule has 0 bridgehead atoms. The van der Waals surface area contributed by atoms with Crippen LogP contribution in [0.1, 0.15) is 26.6 Å². The maximum Gasteiger partial charge on any atom is 0.155 e. The van der Waals surface area contributed by atoms with Crippen molar-refractivity contribution in [2.45, 2.75) is 26.2 Å². The molecule has 2 aromatic rings. The quantitative estimate of drug-likeness (QED) is 0.747. The van der Waals surface area contributed by atoms with E-state index >= 15 is 0 Å². The molecule has 2 heterocycles. The summed E-state index contributed by atoms with van der Waals surface area (Å²) in [6.45, 7) is 6.22. The van der Waals surface area contributed by atoms with Crippen molar-refractivity contribution in [3.63, 3.8) is 0 Å². The number of rotatable bonds is 0. The van der Waals surface area contributed by atoms with Crippen molar-refractivity contribution in [2.75, 3.05) is 0 Å². The predicted molar refractivity (Wildman–Crippen MR) is 60.6 cm³/mol. The van der Waals surface area contributed by atoms with Gasteiger partial charge in [0.15, 0.2) is 5.15 Å². The van der Waals surface area contributed by atoms with Crippen LogP contribution in [0, 0.1) is 0 Å². The molecule has 1 N–H and O–H groups in total. The fraction of sp³-hybridized carbons (Fsp3) is 0.364. The van der Waals surface area contributed by atoms with Crippen LogP contribution in [0.2, 0.25) is 5.15 Å². The highest BCUT2D eigenvalue weighted by Crippen LogP contribution is 2.28. The minimum Gasteiger partial charge on any atom is -0.508 e. The zero-order valence-corrected chi connectivity index (χ0v) is 9.71. The summed E-state index contributed by atoms with van der Waals surface area (Å²) in [6.07, 6.45) is 1.78. The number of aromatic hydroxyl groups is 1. The van der Waals surface area contributed by atoms with Gasteiger partial charge in [-0.3, -0.25) is 0 Å². The molecule has 0 spiro atoms. The Morgan fingerprint density at radius 1 is 1.40 bits per heavy atom. The number of nitrogens with zero attached hydrogens (tertiary/aromatic N) is 2. The number of aromatic nitrogens is 2. The molecule has 0 saturated carbocycles. The van der Waals surface area contributed by atoms with Crippen LogP contribution in [-0.2, 0) is 5.41 Å². The van der Waals surface area contributed by atoms with Gasteiger partial charge >= 0.3 is 0 Å². The van der Waals surface area contributed by atoms with E-state index in [1.807, 2.05) is 4.40 Å². The van der Waals surface area contributed by atoms with Crippen molar-refractivity contribution >= 4 is 17.1 Å². The molecule has 0 atom stereocenters. The van der Waals surface area contributed by atoms with Gasteiger partial charge in [-0.25, -0.2) is 4.98 Å². The van der Waals surface area contributed by atoms with Gasteiger partial charge in [0.05, 0.1) is 5.52 Å². The largest absolute Gasteiger partial charge is 0.508 e. The van der Waals surface area contributed by atoms with Crippen LogP contribution in [-0.4, -0.2) is 14.5 Å². The van der Waals surface area contributed by atoms with E-state index in [2.05, 4.69) is 25.8 Å². The van der Waals surface area contributed by atoms with Gasteiger partial charge in [-0.15, -0.1) is 0 Å². The van der Waals surface area contributed by atoms with Crippen LogP contribution < -0.4 is 0 Å². The maximum absolute atomic E-state index is 9.37. The summed E-state index contributed by atoms with van der Waals surface area (Å²) in [6, 6.07) is 3.24. The number of hydrogen-bond donors (Lipinski definition) is 1. The van der Waals surface area contributed by atoms with Gasteiger partial charge in [-0.1, -0.05) is 32.4 Å². The fourth-order valence-electron chi connectivity index (χ4n) is 1.57. The third-order valence-corrected chi connectivity index (χ3v) is 2.53. The van der Waals surface area contributed by atoms with Crippen LogP contribution in [0.25, 0.3) is 5.52 Å². The smallest absolute Gasteiger partial charge is 0.155 e. The number of halogens is 1. The van der Waals surface area contributed by atoms with E-state index in [-0.39, 0.29) is 11.2 Å². The van der Waals surface area contributed by atoms with Crippen molar-refractivity contribution in [3.8, 4) is 5.75 Å². The summed E-state index contributed by atoms with van der Waals surface area (Å²) < 4.78 is 1.90. The Morgan fingerprint density at radius 2 is 2.07 bits per heavy atom. The first-order chi connectivity index (χ1) is 6.89. The van der Waals surface area contributed by atoms with Gasteiger partial charge in [0, 0.05) is 17.7 Å². The normalized spacial score (nSPS) is 12.3. The summed E-state index contributed by atoms with van der Waals surface area (Å²) >= 11 is 6.01. The minimum atomic E-state index is -0.0764. The third kappa shape index (κ3) is 1.67. The van der Waals surface area contributed by atoms with Crippen LogP contribution >= 0.6 is 11.6 Å². The predicted octanol–water partition coefficient (Wildman–Crippen LogP) is 2.99. The van der Waals surface area contributed by atoms with Gasteiger partial charge in [0.2, 0.25) is 0 Å². The molecule has 0 aromatic carbocycles. The highest BCUT2D eigenvalue weighted by molar-refractivity contribution is 6.32. The Bertz CT molecular complexity index is 511. The van der Waals surface area contributed by atoms with Gasteiger partial charge in [0.25, 0.3) is 0 Å². The molecule has 0 radical (unpaired) electrons. The van der Waals surface area contributed by atoms with E-state index in [1.165, 1.54) is 0 Å². The standard InChI is InChI=1S/C11H13ClN2O/c1-11(2,3)10-13-9(12)8-6-7(15)4-5-14(8)10/h4-6,15H,1-3H3. The summed E-state index contributed by atoms with van der Waals surface area (Å²) in [4.78, 5) is 4.32. The van der Waals surface area contributed by atoms with Crippen molar-refractivity contribution in [1.29, 1.82) is 0 Å². The van der Waals surface area contributed by atoms with Crippen LogP contribution in [0.4, 0.5) is 0 Å². The summed E-state index contributed by atoms with van der Waals surface area (Å²) in [5.41, 5.74) is 0.661. The molecule has 80 valence electrons. The van der Waals surface area contributed by atoms with Crippen molar-refractivity contribution in [2.24, 2.45) is 0 Å². The molecule has 0 aliphatic carbocycles. The second-order valence-corrected chi connectivity index (χ2v) is 4.97. The second-order valence-electron chi connectivity index (χ2n) is 4.62. The zero-order valence-electron chi connectivity index (χ0n) is 8.95. The van der Waals surface area contributed by atoms with Crippen molar-refractivity contribution < 1.29 is 5.11 Å². The highest BCUT2D eigenvalue weighted by atomic mass is 35.5. The first-order valence-corrected chi connectivity index (χ1v) is 5.14. The first-order valence-electron chi connectivity index (χ1n) is 4.76. The molecule has 3 nitrogen and oxygen atoms in total. The van der Waals surface area contributed by atoms with E-state index < -0.39 is 0 Å². The molecule has 2 rings (SSSR count). The average molecular weight is 225 g/mol. The zero-order chi connectivity index (χ0) is 11.2. The topological polar surface area (TPSA) is 37.5 Å². The molecule has 0 amide bonds. The summed E-state index contributed by atoms with van der Waals surface area (Å²) in [5, 5.41) is 9.79. The minimum absolute atomic E-state index is 0.0764. The lowest BCUT2D eigenvalue weighted by atomic mass is 9.96. The Hall–Kier alpha value is -1.22. The number of pyridine rings is 1. The van der Waals surface area contributed by atoms with Gasteiger partial charge in [-0.2, -0.15) is 0 Å². The third-order valence-electron chi connectivity index (χ3n) is 2.25. The van der Waals surface area contributed by atoms with Crippen LogP contribution in [0.15, 0.2) is 18.3 Å². The SMILES string of the molecule is CC(C)(C)c1nc(Cl)c2cc(O)ccn12. The molecule has 0 aliphatic rings. The van der Waals surface area contributed by atoms with E-state index in [0.717, 1.165) is 11.3 Å². The van der Waals surface area contributed by atoms with E-state index in [4.69, 9.17) is 11.6 Å². The number of hydrogen-bond acceptors (Lipinski definition) is 2. The summed E-state index contributed by atoms with van der Waals surface area (Å²) in [7, 11) is 0. The van der Waals surface area contributed by atoms with Crippen molar-refractivity contribution in [3.05, 3.63) is 29.3 Å². The second kappa shape index (κ2) is 3.14. The fourth-order valence-corrected chi connectivity index (χ4v) is 1.79. The molecule has 2 aromatic heterocycles. The highest BCUT2D eigenvalue weighted by Gasteiger charge is 2.21. The average Bonchev–Trinajstić information content (AvgIpc) is 2.43. The molecular formula is C11H13ClN2O. The van der Waals surface area contributed by atoms with Crippen LogP contribution in [0.5, 0.6) is 5.75 Å². The molecule has 0 fully saturated rings. The first kappa shape index (κ1) is 10.3. The lowest BCUT2D eigenvalue weighted by Gasteiger charge is -2.16. The van der Waals surface area contributed by atoms with Gasteiger partial charge < -0.3 is 9.51 Å². The number of imidazole rings is 1. The molecule has 4 heteroatoms. The Balaban J connectivity index is 2.79. The molecule has 0 saturated heterocycles. The Morgan fingerprint density at radius 3 is 2.67 bits per heavy atom. The lowest BCUT2D eigenvalue weighted by Crippen LogP contribution is -2.15. The van der Waals surface area contributed by atoms with E-state index in [9.17, 15) is 5.11 Å². The Labute approximate surface area is 93.3 Å². The summed E-state index contributed by atoms with van der Waals surface area (Å²) in [5.74, 6) is 1.09. The Kier molecular flexibility index (Phi) is 2.15. The van der Waals surface area contributed by atoms with Gasteiger partial charge in [-0.05, 0) is 6.07 Å². The van der Waals surface area contributed by atoms with E-state index in [1.54, 1.807) is 18.3 Å². The molecule has 0 unspecified atom stereocenters. The molecular weight excluding hydrogens is 212 g/mol. The molecule has 15 heavy (non-hydrogen) atoms. The lowest BCUT2D eigenvalue weighted by molar-refractivity contribution is 0.474. The monoisotopic (exact) mass is 224 g/mol. The van der Waals surface area contributed by atoms with Gasteiger partial charge in [0.1, 0.15) is 11.6 Å². The number of fused-ring (bicyclic) bond motifs is 1. The maximum atomic E-state index is 9.37. The van der Waals surface area contributed by atoms with E-state index in [0.29, 0.717) is 5.15 Å². The van der Waals surface area contributed by atoms with Crippen LogP contribution in [0.3, 0.4) is 0 Å². The molecule has 0 aliphatic heterocycles. The van der Waals surface area contributed by atoms with Crippen molar-refractivity contribution in [1.82, 2.24) is 9.38 Å².